The molecule has 1 aliphatic heterocycles. The van der Waals surface area contributed by atoms with Crippen molar-refractivity contribution in [2.45, 2.75) is 32.4 Å². The molecule has 1 aromatic heterocycles. The minimum Gasteiger partial charge on any atom is -0.375 e. The number of aliphatic hydroxyl groups is 1. The van der Waals surface area contributed by atoms with Gasteiger partial charge in [0.2, 0.25) is 0 Å². The topological polar surface area (TPSA) is 62.5 Å². The van der Waals surface area contributed by atoms with Crippen LogP contribution in [0, 0.1) is 13.8 Å². The fourth-order valence-electron chi connectivity index (χ4n) is 4.81. The number of para-hydroxylation sites is 1. The van der Waals surface area contributed by atoms with Crippen LogP contribution in [0.15, 0.2) is 91.0 Å². The maximum Gasteiger partial charge on any atom is 0.264 e. The number of carbonyl (C=O) groups excluding carboxylic acids is 2. The van der Waals surface area contributed by atoms with Gasteiger partial charge in [-0.05, 0) is 61.9 Å². The molecule has 0 spiro atoms. The summed E-state index contributed by atoms with van der Waals surface area (Å²) < 4.78 is 2.11. The van der Waals surface area contributed by atoms with Crippen molar-refractivity contribution in [3.05, 3.63) is 119 Å². The molecule has 4 aromatic rings. The van der Waals surface area contributed by atoms with Crippen molar-refractivity contribution < 1.29 is 14.7 Å². The Kier molecular flexibility index (Phi) is 5.42. The first-order valence-electron chi connectivity index (χ1n) is 11.3. The summed E-state index contributed by atoms with van der Waals surface area (Å²) in [4.78, 5) is 28.2. The summed E-state index contributed by atoms with van der Waals surface area (Å²) in [6.45, 7) is 4.40. The van der Waals surface area contributed by atoms with E-state index in [-0.39, 0.29) is 12.2 Å². The van der Waals surface area contributed by atoms with E-state index in [1.165, 1.54) is 0 Å². The zero-order chi connectivity index (χ0) is 23.9. The smallest absolute Gasteiger partial charge is 0.264 e. The van der Waals surface area contributed by atoms with Gasteiger partial charge in [-0.3, -0.25) is 9.59 Å². The number of aryl methyl sites for hydroxylation is 2. The normalized spacial score (nSPS) is 17.1. The average molecular weight is 451 g/mol. The zero-order valence-electron chi connectivity index (χ0n) is 19.2. The minimum absolute atomic E-state index is 0.278. The average Bonchev–Trinajstić information content (AvgIpc) is 3.29. The van der Waals surface area contributed by atoms with Gasteiger partial charge in [0.25, 0.3) is 5.91 Å². The predicted octanol–water partition coefficient (Wildman–Crippen LogP) is 5.10. The Labute approximate surface area is 198 Å². The molecule has 0 saturated carbocycles. The number of amides is 1. The molecule has 5 nitrogen and oxygen atoms in total. The van der Waals surface area contributed by atoms with E-state index in [0.29, 0.717) is 23.4 Å². The third-order valence-corrected chi connectivity index (χ3v) is 6.56. The van der Waals surface area contributed by atoms with Gasteiger partial charge in [0.05, 0.1) is 18.7 Å². The molecule has 0 fully saturated rings. The van der Waals surface area contributed by atoms with Crippen LogP contribution in [-0.2, 0) is 16.9 Å². The molecule has 1 atom stereocenters. The molecule has 5 rings (SSSR count). The fourth-order valence-corrected chi connectivity index (χ4v) is 4.81. The number of carbonyl (C=O) groups is 2. The van der Waals surface area contributed by atoms with Gasteiger partial charge < -0.3 is 14.6 Å². The highest BCUT2D eigenvalue weighted by atomic mass is 16.3. The lowest BCUT2D eigenvalue weighted by molar-refractivity contribution is -0.136. The quantitative estimate of drug-likeness (QED) is 0.416. The molecule has 0 saturated heterocycles. The first kappa shape index (κ1) is 21.9. The van der Waals surface area contributed by atoms with Gasteiger partial charge in [-0.25, -0.2) is 0 Å². The number of fused-ring (bicyclic) bond motifs is 1. The Balaban J connectivity index is 1.42. The van der Waals surface area contributed by atoms with Crippen molar-refractivity contribution in [1.82, 2.24) is 4.57 Å². The number of nitrogens with zero attached hydrogens (tertiary/aromatic N) is 2. The van der Waals surface area contributed by atoms with E-state index in [1.807, 2.05) is 80.6 Å². The van der Waals surface area contributed by atoms with E-state index in [2.05, 4.69) is 4.57 Å². The number of rotatable bonds is 6. The zero-order valence-corrected chi connectivity index (χ0v) is 19.2. The molecule has 0 bridgehead atoms. The highest BCUT2D eigenvalue weighted by molar-refractivity contribution is 6.10. The van der Waals surface area contributed by atoms with E-state index in [1.54, 1.807) is 29.2 Å². The first-order chi connectivity index (χ1) is 16.4. The third kappa shape index (κ3) is 3.64. The van der Waals surface area contributed by atoms with Gasteiger partial charge in [0.1, 0.15) is 0 Å². The Morgan fingerprint density at radius 1 is 0.824 bits per heavy atom. The Bertz CT molecular complexity index is 1350. The predicted molar refractivity (Wildman–Crippen MR) is 132 cm³/mol. The summed E-state index contributed by atoms with van der Waals surface area (Å²) in [5.41, 5.74) is 3.81. The van der Waals surface area contributed by atoms with Crippen LogP contribution in [0.25, 0.3) is 5.69 Å². The van der Waals surface area contributed by atoms with Gasteiger partial charge in [0.15, 0.2) is 11.4 Å². The van der Waals surface area contributed by atoms with E-state index in [0.717, 1.165) is 22.6 Å². The Hall–Kier alpha value is -3.96. The number of hydrogen-bond donors (Lipinski definition) is 1. The lowest BCUT2D eigenvalue weighted by Gasteiger charge is -2.23. The van der Waals surface area contributed by atoms with Crippen LogP contribution in [-0.4, -0.2) is 21.4 Å². The largest absolute Gasteiger partial charge is 0.375 e. The van der Waals surface area contributed by atoms with Crippen molar-refractivity contribution >= 4 is 17.4 Å². The second-order valence-corrected chi connectivity index (χ2v) is 8.85. The molecule has 1 unspecified atom stereocenters. The van der Waals surface area contributed by atoms with Gasteiger partial charge in [-0.15, -0.1) is 0 Å². The molecule has 5 heteroatoms. The lowest BCUT2D eigenvalue weighted by atomic mass is 9.88. The van der Waals surface area contributed by atoms with Crippen LogP contribution in [0.1, 0.15) is 39.3 Å². The third-order valence-electron chi connectivity index (χ3n) is 6.56. The van der Waals surface area contributed by atoms with Crippen LogP contribution in [0.2, 0.25) is 0 Å². The van der Waals surface area contributed by atoms with E-state index < -0.39 is 11.5 Å². The minimum atomic E-state index is -1.89. The maximum atomic E-state index is 13.5. The van der Waals surface area contributed by atoms with Crippen LogP contribution in [0.3, 0.4) is 0 Å². The van der Waals surface area contributed by atoms with Crippen LogP contribution in [0.5, 0.6) is 0 Å². The summed E-state index contributed by atoms with van der Waals surface area (Å²) in [7, 11) is 0. The Morgan fingerprint density at radius 2 is 1.44 bits per heavy atom. The van der Waals surface area contributed by atoms with Crippen LogP contribution in [0.4, 0.5) is 5.69 Å². The molecule has 1 amide bonds. The highest BCUT2D eigenvalue weighted by Crippen LogP contribution is 2.43. The molecule has 0 radical (unpaired) electrons. The van der Waals surface area contributed by atoms with Crippen molar-refractivity contribution in [3.63, 3.8) is 0 Å². The van der Waals surface area contributed by atoms with E-state index >= 15 is 0 Å². The molecule has 1 aliphatic rings. The van der Waals surface area contributed by atoms with E-state index in [9.17, 15) is 14.7 Å². The molecule has 34 heavy (non-hydrogen) atoms. The monoisotopic (exact) mass is 450 g/mol. The van der Waals surface area contributed by atoms with Gasteiger partial charge >= 0.3 is 0 Å². The molecule has 170 valence electrons. The Morgan fingerprint density at radius 3 is 2.12 bits per heavy atom. The lowest BCUT2D eigenvalue weighted by Crippen LogP contribution is -2.41. The maximum absolute atomic E-state index is 13.5. The standard InChI is InChI=1S/C29H26N2O3/c1-20-12-13-21(2)31(20)24-16-14-23(15-17-24)27(32)18-29(34)25-10-6-7-11-26(25)30(28(29)33)19-22-8-4-3-5-9-22/h3-17,34H,18-19H2,1-2H3. The molecule has 1 N–H and O–H groups in total. The van der Waals surface area contributed by atoms with Gasteiger partial charge in [-0.1, -0.05) is 48.5 Å². The number of anilines is 1. The van der Waals surface area contributed by atoms with Crippen LogP contribution < -0.4 is 4.90 Å². The summed E-state index contributed by atoms with van der Waals surface area (Å²) in [5.74, 6) is -0.749. The fraction of sp³-hybridized carbons (Fsp3) is 0.172. The number of ketones is 1. The second-order valence-electron chi connectivity index (χ2n) is 8.85. The number of benzene rings is 3. The van der Waals surface area contributed by atoms with Crippen molar-refractivity contribution in [1.29, 1.82) is 0 Å². The summed E-state index contributed by atoms with van der Waals surface area (Å²) >= 11 is 0. The second kappa shape index (κ2) is 8.43. The van der Waals surface area contributed by atoms with Crippen LogP contribution >= 0.6 is 0 Å². The summed E-state index contributed by atoms with van der Waals surface area (Å²) in [6.07, 6.45) is -0.310. The highest BCUT2D eigenvalue weighted by Gasteiger charge is 2.50. The number of hydrogen-bond acceptors (Lipinski definition) is 3. The molecule has 0 aliphatic carbocycles. The first-order valence-corrected chi connectivity index (χ1v) is 11.3. The van der Waals surface area contributed by atoms with Crippen molar-refractivity contribution in [3.8, 4) is 5.69 Å². The van der Waals surface area contributed by atoms with Gasteiger partial charge in [-0.2, -0.15) is 0 Å². The molecular formula is C29H26N2O3. The number of Topliss-reactive ketones (excluding diaryl/α,β-unsaturated/α-hetero) is 1. The van der Waals surface area contributed by atoms with E-state index in [4.69, 9.17) is 0 Å². The van der Waals surface area contributed by atoms with Crippen molar-refractivity contribution in [2.24, 2.45) is 0 Å². The summed E-state index contributed by atoms with van der Waals surface area (Å²) in [5, 5.41) is 11.6. The summed E-state index contributed by atoms with van der Waals surface area (Å²) in [6, 6.07) is 28.2. The van der Waals surface area contributed by atoms with Gasteiger partial charge in [0, 0.05) is 28.2 Å². The SMILES string of the molecule is Cc1ccc(C)n1-c1ccc(C(=O)CC2(O)C(=O)N(Cc3ccccc3)c3ccccc32)cc1. The molecule has 3 aromatic carbocycles. The van der Waals surface area contributed by atoms with Crippen molar-refractivity contribution in [2.75, 3.05) is 4.90 Å². The number of aromatic nitrogens is 1. The molecular weight excluding hydrogens is 424 g/mol. The molecule has 2 heterocycles.